The summed E-state index contributed by atoms with van der Waals surface area (Å²) in [6.07, 6.45) is 6.57. The van der Waals surface area contributed by atoms with E-state index in [1.807, 2.05) is 6.92 Å². The number of amides is 1. The molecule has 1 rings (SSSR count). The SMILES string of the molecule is CCCCCCCC(=O)OCC1COC(C)(CCC(=O)NC)O1. The lowest BCUT2D eigenvalue weighted by Gasteiger charge is -2.22. The van der Waals surface area contributed by atoms with Crippen LogP contribution in [0.5, 0.6) is 0 Å². The average Bonchev–Trinajstić information content (AvgIpc) is 2.92. The second-order valence-corrected chi connectivity index (χ2v) is 6.21. The number of unbranched alkanes of at least 4 members (excludes halogenated alkanes) is 4. The molecule has 1 saturated heterocycles. The van der Waals surface area contributed by atoms with Gasteiger partial charge in [-0.3, -0.25) is 9.59 Å². The number of ether oxygens (including phenoxy) is 3. The van der Waals surface area contributed by atoms with E-state index in [1.54, 1.807) is 7.05 Å². The molecule has 0 bridgehead atoms. The minimum absolute atomic E-state index is 0.0450. The maximum Gasteiger partial charge on any atom is 0.305 e. The van der Waals surface area contributed by atoms with Gasteiger partial charge >= 0.3 is 5.97 Å². The summed E-state index contributed by atoms with van der Waals surface area (Å²) in [6, 6.07) is 0. The summed E-state index contributed by atoms with van der Waals surface area (Å²) < 4.78 is 16.6. The quantitative estimate of drug-likeness (QED) is 0.466. The molecule has 0 spiro atoms. The molecule has 23 heavy (non-hydrogen) atoms. The van der Waals surface area contributed by atoms with Gasteiger partial charge in [0.2, 0.25) is 5.91 Å². The Morgan fingerprint density at radius 3 is 2.65 bits per heavy atom. The molecule has 0 aromatic carbocycles. The van der Waals surface area contributed by atoms with E-state index in [4.69, 9.17) is 14.2 Å². The van der Waals surface area contributed by atoms with E-state index in [2.05, 4.69) is 12.2 Å². The highest BCUT2D eigenvalue weighted by atomic mass is 16.7. The predicted molar refractivity (Wildman–Crippen MR) is 86.9 cm³/mol. The third kappa shape index (κ3) is 8.32. The van der Waals surface area contributed by atoms with Crippen LogP contribution in [0.15, 0.2) is 0 Å². The number of carbonyl (C=O) groups is 2. The van der Waals surface area contributed by atoms with Crippen LogP contribution >= 0.6 is 0 Å². The summed E-state index contributed by atoms with van der Waals surface area (Å²) in [4.78, 5) is 23.0. The fourth-order valence-electron chi connectivity index (χ4n) is 2.50. The van der Waals surface area contributed by atoms with Gasteiger partial charge in [0.05, 0.1) is 6.61 Å². The van der Waals surface area contributed by atoms with Crippen molar-refractivity contribution in [2.45, 2.75) is 77.1 Å². The summed E-state index contributed by atoms with van der Waals surface area (Å²) in [5, 5.41) is 2.57. The zero-order chi connectivity index (χ0) is 17.1. The molecular formula is C17H31NO5. The third-order valence-electron chi connectivity index (χ3n) is 3.99. The van der Waals surface area contributed by atoms with Crippen LogP contribution in [-0.4, -0.2) is 44.0 Å². The maximum absolute atomic E-state index is 11.7. The summed E-state index contributed by atoms with van der Waals surface area (Å²) >= 11 is 0. The normalized spacial score (nSPS) is 23.7. The van der Waals surface area contributed by atoms with Crippen LogP contribution in [-0.2, 0) is 23.8 Å². The van der Waals surface area contributed by atoms with E-state index in [0.29, 0.717) is 25.9 Å². The molecule has 1 fully saturated rings. The van der Waals surface area contributed by atoms with Crippen LogP contribution in [0.2, 0.25) is 0 Å². The van der Waals surface area contributed by atoms with Gasteiger partial charge in [-0.1, -0.05) is 32.6 Å². The van der Waals surface area contributed by atoms with Gasteiger partial charge in [-0.15, -0.1) is 0 Å². The Kier molecular flexibility index (Phi) is 9.17. The van der Waals surface area contributed by atoms with Crippen LogP contribution in [0.1, 0.15) is 65.2 Å². The lowest BCUT2D eigenvalue weighted by atomic mass is 10.1. The van der Waals surface area contributed by atoms with Crippen molar-refractivity contribution in [2.24, 2.45) is 0 Å². The van der Waals surface area contributed by atoms with E-state index < -0.39 is 5.79 Å². The highest BCUT2D eigenvalue weighted by molar-refractivity contribution is 5.75. The molecule has 0 aromatic rings. The second-order valence-electron chi connectivity index (χ2n) is 6.21. The molecule has 0 aromatic heterocycles. The molecule has 134 valence electrons. The van der Waals surface area contributed by atoms with Crippen molar-refractivity contribution in [3.05, 3.63) is 0 Å². The van der Waals surface area contributed by atoms with Crippen LogP contribution in [0, 0.1) is 0 Å². The minimum atomic E-state index is -0.774. The van der Waals surface area contributed by atoms with Gasteiger partial charge in [0.25, 0.3) is 0 Å². The van der Waals surface area contributed by atoms with E-state index in [1.165, 1.54) is 19.3 Å². The number of hydrogen-bond donors (Lipinski definition) is 1. The van der Waals surface area contributed by atoms with E-state index in [9.17, 15) is 9.59 Å². The Labute approximate surface area is 139 Å². The zero-order valence-electron chi connectivity index (χ0n) is 14.7. The highest BCUT2D eigenvalue weighted by Gasteiger charge is 2.37. The Balaban J connectivity index is 2.14. The third-order valence-corrected chi connectivity index (χ3v) is 3.99. The Hall–Kier alpha value is -1.14. The Morgan fingerprint density at radius 1 is 1.22 bits per heavy atom. The zero-order valence-corrected chi connectivity index (χ0v) is 14.7. The monoisotopic (exact) mass is 329 g/mol. The molecule has 1 aliphatic heterocycles. The van der Waals surface area contributed by atoms with Gasteiger partial charge in [0.15, 0.2) is 5.79 Å². The highest BCUT2D eigenvalue weighted by Crippen LogP contribution is 2.28. The van der Waals surface area contributed by atoms with Gasteiger partial charge in [0.1, 0.15) is 12.7 Å². The van der Waals surface area contributed by atoms with Gasteiger partial charge in [-0.05, 0) is 13.3 Å². The molecular weight excluding hydrogens is 298 g/mol. The van der Waals surface area contributed by atoms with Crippen molar-refractivity contribution in [3.63, 3.8) is 0 Å². The van der Waals surface area contributed by atoms with Crippen LogP contribution in [0.3, 0.4) is 0 Å². The first-order valence-corrected chi connectivity index (χ1v) is 8.67. The summed E-state index contributed by atoms with van der Waals surface area (Å²) in [5.74, 6) is -0.996. The van der Waals surface area contributed by atoms with Gasteiger partial charge in [-0.2, -0.15) is 0 Å². The second kappa shape index (κ2) is 10.6. The van der Waals surface area contributed by atoms with Crippen LogP contribution < -0.4 is 5.32 Å². The topological polar surface area (TPSA) is 73.9 Å². The van der Waals surface area contributed by atoms with E-state index in [0.717, 1.165) is 12.8 Å². The number of carbonyl (C=O) groups excluding carboxylic acids is 2. The summed E-state index contributed by atoms with van der Waals surface area (Å²) in [5.41, 5.74) is 0. The first-order valence-electron chi connectivity index (χ1n) is 8.67. The molecule has 0 radical (unpaired) electrons. The number of esters is 1. The van der Waals surface area contributed by atoms with E-state index >= 15 is 0 Å². The first kappa shape index (κ1) is 19.9. The maximum atomic E-state index is 11.7. The first-order chi connectivity index (χ1) is 11.0. The molecule has 1 heterocycles. The Morgan fingerprint density at radius 2 is 1.96 bits per heavy atom. The van der Waals surface area contributed by atoms with Crippen molar-refractivity contribution in [1.29, 1.82) is 0 Å². The number of nitrogens with one attached hydrogen (secondary N) is 1. The number of hydrogen-bond acceptors (Lipinski definition) is 5. The number of rotatable bonds is 11. The molecule has 2 unspecified atom stereocenters. The fourth-order valence-corrected chi connectivity index (χ4v) is 2.50. The van der Waals surface area contributed by atoms with Crippen molar-refractivity contribution in [3.8, 4) is 0 Å². The van der Waals surface area contributed by atoms with Crippen molar-refractivity contribution in [2.75, 3.05) is 20.3 Å². The largest absolute Gasteiger partial charge is 0.463 e. The molecule has 6 nitrogen and oxygen atoms in total. The van der Waals surface area contributed by atoms with Crippen molar-refractivity contribution < 1.29 is 23.8 Å². The predicted octanol–water partition coefficient (Wildman–Crippen LogP) is 2.55. The minimum Gasteiger partial charge on any atom is -0.463 e. The lowest BCUT2D eigenvalue weighted by Crippen LogP contribution is -2.30. The fraction of sp³-hybridized carbons (Fsp3) is 0.882. The van der Waals surface area contributed by atoms with Crippen molar-refractivity contribution in [1.82, 2.24) is 5.32 Å². The van der Waals surface area contributed by atoms with E-state index in [-0.39, 0.29) is 24.6 Å². The Bertz CT molecular complexity index is 374. The molecule has 1 amide bonds. The molecule has 0 saturated carbocycles. The van der Waals surface area contributed by atoms with Crippen LogP contribution in [0.4, 0.5) is 0 Å². The lowest BCUT2D eigenvalue weighted by molar-refractivity contribution is -0.171. The van der Waals surface area contributed by atoms with Crippen LogP contribution in [0.25, 0.3) is 0 Å². The smallest absolute Gasteiger partial charge is 0.305 e. The molecule has 6 heteroatoms. The molecule has 1 aliphatic rings. The standard InChI is InChI=1S/C17H31NO5/c1-4-5-6-7-8-9-16(20)21-12-14-13-22-17(2,23-14)11-10-15(19)18-3/h14H,4-13H2,1-3H3,(H,18,19). The van der Waals surface area contributed by atoms with Gasteiger partial charge in [-0.25, -0.2) is 0 Å². The molecule has 2 atom stereocenters. The summed E-state index contributed by atoms with van der Waals surface area (Å²) in [6.45, 7) is 4.57. The van der Waals surface area contributed by atoms with Gasteiger partial charge in [0, 0.05) is 26.3 Å². The molecule has 1 N–H and O–H groups in total. The van der Waals surface area contributed by atoms with Gasteiger partial charge < -0.3 is 19.5 Å². The summed E-state index contributed by atoms with van der Waals surface area (Å²) in [7, 11) is 1.60. The van der Waals surface area contributed by atoms with Crippen molar-refractivity contribution >= 4 is 11.9 Å². The molecule has 0 aliphatic carbocycles. The average molecular weight is 329 g/mol.